The predicted octanol–water partition coefficient (Wildman–Crippen LogP) is 2.99. The molecular formula is C19H19N3O5. The third kappa shape index (κ3) is 4.22. The van der Waals surface area contributed by atoms with Crippen LogP contribution in [0.25, 0.3) is 0 Å². The highest BCUT2D eigenvalue weighted by Crippen LogP contribution is 2.28. The summed E-state index contributed by atoms with van der Waals surface area (Å²) in [5, 5.41) is 13.7. The van der Waals surface area contributed by atoms with E-state index in [1.807, 2.05) is 6.92 Å². The van der Waals surface area contributed by atoms with Gasteiger partial charge in [0.1, 0.15) is 5.75 Å². The Morgan fingerprint density at radius 1 is 1.30 bits per heavy atom. The van der Waals surface area contributed by atoms with Gasteiger partial charge < -0.3 is 15.0 Å². The van der Waals surface area contributed by atoms with Crippen LogP contribution in [0.2, 0.25) is 0 Å². The summed E-state index contributed by atoms with van der Waals surface area (Å²) >= 11 is 0. The SMILES string of the molecule is CCOc1ccc(NC(=O)C2CC(=O)N(c3cccc([N+](=O)[O-])c3)C2)cc1. The molecule has 1 heterocycles. The number of benzene rings is 2. The average Bonchev–Trinajstić information content (AvgIpc) is 3.05. The molecule has 2 aromatic rings. The van der Waals surface area contributed by atoms with E-state index in [0.717, 1.165) is 0 Å². The Labute approximate surface area is 155 Å². The molecule has 1 atom stereocenters. The largest absolute Gasteiger partial charge is 0.494 e. The van der Waals surface area contributed by atoms with E-state index < -0.39 is 10.8 Å². The van der Waals surface area contributed by atoms with Crippen molar-refractivity contribution in [2.45, 2.75) is 13.3 Å². The van der Waals surface area contributed by atoms with Gasteiger partial charge in [-0.05, 0) is 37.3 Å². The summed E-state index contributed by atoms with van der Waals surface area (Å²) in [6, 6.07) is 12.8. The lowest BCUT2D eigenvalue weighted by molar-refractivity contribution is -0.384. The van der Waals surface area contributed by atoms with Crippen LogP contribution in [0.1, 0.15) is 13.3 Å². The van der Waals surface area contributed by atoms with Crippen molar-refractivity contribution in [3.63, 3.8) is 0 Å². The first kappa shape index (κ1) is 18.4. The average molecular weight is 369 g/mol. The number of anilines is 2. The second-order valence-electron chi connectivity index (χ2n) is 6.13. The minimum atomic E-state index is -0.525. The lowest BCUT2D eigenvalue weighted by Gasteiger charge is -2.16. The van der Waals surface area contributed by atoms with Gasteiger partial charge in [-0.1, -0.05) is 6.07 Å². The summed E-state index contributed by atoms with van der Waals surface area (Å²) in [5.41, 5.74) is 0.942. The molecule has 0 spiro atoms. The third-order valence-electron chi connectivity index (χ3n) is 4.28. The van der Waals surface area contributed by atoms with Crippen LogP contribution in [0.15, 0.2) is 48.5 Å². The van der Waals surface area contributed by atoms with Gasteiger partial charge in [0, 0.05) is 30.8 Å². The minimum absolute atomic E-state index is 0.0611. The lowest BCUT2D eigenvalue weighted by Crippen LogP contribution is -2.28. The first-order valence-electron chi connectivity index (χ1n) is 8.56. The number of carbonyl (C=O) groups excluding carboxylic acids is 2. The smallest absolute Gasteiger partial charge is 0.271 e. The number of carbonyl (C=O) groups is 2. The van der Waals surface area contributed by atoms with Gasteiger partial charge in [-0.3, -0.25) is 19.7 Å². The van der Waals surface area contributed by atoms with Gasteiger partial charge in [-0.2, -0.15) is 0 Å². The molecule has 0 aromatic heterocycles. The van der Waals surface area contributed by atoms with Crippen LogP contribution in [-0.2, 0) is 9.59 Å². The van der Waals surface area contributed by atoms with Gasteiger partial charge in [0.15, 0.2) is 0 Å². The minimum Gasteiger partial charge on any atom is -0.494 e. The number of nitro benzene ring substituents is 1. The quantitative estimate of drug-likeness (QED) is 0.623. The van der Waals surface area contributed by atoms with Crippen molar-refractivity contribution in [1.29, 1.82) is 0 Å². The number of amides is 2. The molecule has 0 radical (unpaired) electrons. The number of hydrogen-bond acceptors (Lipinski definition) is 5. The van der Waals surface area contributed by atoms with Crippen LogP contribution in [-0.4, -0.2) is 29.9 Å². The topological polar surface area (TPSA) is 102 Å². The molecule has 8 nitrogen and oxygen atoms in total. The Hall–Kier alpha value is -3.42. The summed E-state index contributed by atoms with van der Waals surface area (Å²) in [4.78, 5) is 36.6. The molecular weight excluding hydrogens is 350 g/mol. The zero-order valence-corrected chi connectivity index (χ0v) is 14.8. The molecule has 0 aliphatic carbocycles. The van der Waals surface area contributed by atoms with E-state index in [2.05, 4.69) is 5.32 Å². The van der Waals surface area contributed by atoms with Gasteiger partial charge in [-0.25, -0.2) is 0 Å². The van der Waals surface area contributed by atoms with Gasteiger partial charge in [0.05, 0.1) is 23.1 Å². The van der Waals surface area contributed by atoms with Gasteiger partial charge in [0.2, 0.25) is 11.8 Å². The van der Waals surface area contributed by atoms with E-state index in [9.17, 15) is 19.7 Å². The fourth-order valence-electron chi connectivity index (χ4n) is 2.95. The maximum absolute atomic E-state index is 12.5. The zero-order chi connectivity index (χ0) is 19.4. The molecule has 1 saturated heterocycles. The summed E-state index contributed by atoms with van der Waals surface area (Å²) in [5.74, 6) is -0.311. The second-order valence-corrected chi connectivity index (χ2v) is 6.13. The molecule has 2 aromatic carbocycles. The van der Waals surface area contributed by atoms with E-state index in [1.165, 1.54) is 23.1 Å². The molecule has 1 aliphatic rings. The maximum atomic E-state index is 12.5. The van der Waals surface area contributed by atoms with Gasteiger partial charge in [-0.15, -0.1) is 0 Å². The van der Waals surface area contributed by atoms with Gasteiger partial charge >= 0.3 is 0 Å². The first-order chi connectivity index (χ1) is 13.0. The molecule has 2 amide bonds. The van der Waals surface area contributed by atoms with Crippen LogP contribution in [0, 0.1) is 16.0 Å². The maximum Gasteiger partial charge on any atom is 0.271 e. The number of hydrogen-bond donors (Lipinski definition) is 1. The van der Waals surface area contributed by atoms with Gasteiger partial charge in [0.25, 0.3) is 5.69 Å². The number of non-ortho nitro benzene ring substituents is 1. The monoisotopic (exact) mass is 369 g/mol. The fraction of sp³-hybridized carbons (Fsp3) is 0.263. The molecule has 0 bridgehead atoms. The summed E-state index contributed by atoms with van der Waals surface area (Å²) < 4.78 is 5.36. The highest BCUT2D eigenvalue weighted by atomic mass is 16.6. The van der Waals surface area contributed by atoms with Crippen molar-refractivity contribution in [3.05, 3.63) is 58.6 Å². The third-order valence-corrected chi connectivity index (χ3v) is 4.28. The Bertz CT molecular complexity index is 866. The summed E-state index contributed by atoms with van der Waals surface area (Å²) in [6.45, 7) is 2.63. The van der Waals surface area contributed by atoms with Crippen LogP contribution in [0.4, 0.5) is 17.1 Å². The standard InChI is InChI=1S/C19H19N3O5/c1-2-27-17-8-6-14(7-9-17)20-19(24)13-10-18(23)21(12-13)15-4-3-5-16(11-15)22(25)26/h3-9,11,13H,2,10,12H2,1H3,(H,20,24). The van der Waals surface area contributed by atoms with Crippen molar-refractivity contribution in [2.24, 2.45) is 5.92 Å². The van der Waals surface area contributed by atoms with Crippen LogP contribution < -0.4 is 15.0 Å². The number of nitro groups is 1. The van der Waals surface area contributed by atoms with E-state index in [1.54, 1.807) is 30.3 Å². The normalized spacial score (nSPS) is 16.3. The van der Waals surface area contributed by atoms with E-state index in [4.69, 9.17) is 4.74 Å². The number of nitrogens with one attached hydrogen (secondary N) is 1. The van der Waals surface area contributed by atoms with Crippen molar-refractivity contribution < 1.29 is 19.2 Å². The Morgan fingerprint density at radius 3 is 2.70 bits per heavy atom. The van der Waals surface area contributed by atoms with E-state index >= 15 is 0 Å². The molecule has 27 heavy (non-hydrogen) atoms. The van der Waals surface area contributed by atoms with Crippen LogP contribution in [0.3, 0.4) is 0 Å². The Morgan fingerprint density at radius 2 is 2.04 bits per heavy atom. The van der Waals surface area contributed by atoms with E-state index in [0.29, 0.717) is 23.7 Å². The molecule has 1 aliphatic heterocycles. The Kier molecular flexibility index (Phi) is 5.35. The first-order valence-corrected chi connectivity index (χ1v) is 8.56. The molecule has 3 rings (SSSR count). The lowest BCUT2D eigenvalue weighted by atomic mass is 10.1. The highest BCUT2D eigenvalue weighted by molar-refractivity contribution is 6.03. The Balaban J connectivity index is 1.66. The van der Waals surface area contributed by atoms with Crippen molar-refractivity contribution in [3.8, 4) is 5.75 Å². The molecule has 1 N–H and O–H groups in total. The number of nitrogens with zero attached hydrogens (tertiary/aromatic N) is 2. The highest BCUT2D eigenvalue weighted by Gasteiger charge is 2.35. The van der Waals surface area contributed by atoms with Crippen molar-refractivity contribution in [2.75, 3.05) is 23.4 Å². The molecule has 140 valence electrons. The molecule has 1 fully saturated rings. The fourth-order valence-corrected chi connectivity index (χ4v) is 2.95. The number of ether oxygens (including phenoxy) is 1. The molecule has 8 heteroatoms. The zero-order valence-electron chi connectivity index (χ0n) is 14.8. The number of rotatable bonds is 6. The van der Waals surface area contributed by atoms with E-state index in [-0.39, 0.29) is 30.5 Å². The summed E-state index contributed by atoms with van der Waals surface area (Å²) in [6.07, 6.45) is 0.0611. The second kappa shape index (κ2) is 7.86. The van der Waals surface area contributed by atoms with Crippen LogP contribution >= 0.6 is 0 Å². The predicted molar refractivity (Wildman–Crippen MR) is 99.8 cm³/mol. The molecule has 0 saturated carbocycles. The van der Waals surface area contributed by atoms with Crippen molar-refractivity contribution >= 4 is 28.9 Å². The van der Waals surface area contributed by atoms with Crippen LogP contribution in [0.5, 0.6) is 5.75 Å². The van der Waals surface area contributed by atoms with Crippen molar-refractivity contribution in [1.82, 2.24) is 0 Å². The molecule has 1 unspecified atom stereocenters. The summed E-state index contributed by atoms with van der Waals surface area (Å²) in [7, 11) is 0.